The van der Waals surface area contributed by atoms with Crippen LogP contribution in [0, 0.1) is 11.8 Å². The summed E-state index contributed by atoms with van der Waals surface area (Å²) in [5, 5.41) is 14.1. The third-order valence-corrected chi connectivity index (χ3v) is 5.55. The standard InChI is InChI=1S/C22H26N4O4/c23-20(27)17-7-5-16(6-8-17)19-11-18(9-10-24-19)21(28)25-12-14-1-3-15(4-2-14)13-26-22(29)30/h5-11,14-15,26H,1-4,12-13H2,(H2,23,27)(H,25,28)(H,29,30). The van der Waals surface area contributed by atoms with E-state index in [0.29, 0.717) is 41.7 Å². The van der Waals surface area contributed by atoms with E-state index < -0.39 is 12.0 Å². The normalized spacial score (nSPS) is 18.4. The van der Waals surface area contributed by atoms with Gasteiger partial charge >= 0.3 is 6.09 Å². The molecule has 30 heavy (non-hydrogen) atoms. The molecule has 0 aliphatic heterocycles. The summed E-state index contributed by atoms with van der Waals surface area (Å²) >= 11 is 0. The van der Waals surface area contributed by atoms with Gasteiger partial charge in [-0.2, -0.15) is 0 Å². The van der Waals surface area contributed by atoms with Gasteiger partial charge in [-0.25, -0.2) is 4.79 Å². The second-order valence-electron chi connectivity index (χ2n) is 7.65. The summed E-state index contributed by atoms with van der Waals surface area (Å²) in [7, 11) is 0. The van der Waals surface area contributed by atoms with Gasteiger partial charge in [0, 0.05) is 36.0 Å². The third kappa shape index (κ3) is 5.79. The Morgan fingerprint density at radius 1 is 0.933 bits per heavy atom. The van der Waals surface area contributed by atoms with Gasteiger partial charge in [0.1, 0.15) is 0 Å². The zero-order valence-corrected chi connectivity index (χ0v) is 16.6. The van der Waals surface area contributed by atoms with Crippen molar-refractivity contribution in [3.05, 3.63) is 53.7 Å². The molecular weight excluding hydrogens is 384 g/mol. The SMILES string of the molecule is NC(=O)c1ccc(-c2cc(C(=O)NCC3CCC(CNC(=O)O)CC3)ccn2)cc1. The summed E-state index contributed by atoms with van der Waals surface area (Å²) in [6.07, 6.45) is 4.47. The number of hydrogen-bond donors (Lipinski definition) is 4. The Morgan fingerprint density at radius 2 is 1.53 bits per heavy atom. The number of rotatable bonds is 7. The average molecular weight is 410 g/mol. The highest BCUT2D eigenvalue weighted by Crippen LogP contribution is 2.28. The maximum absolute atomic E-state index is 12.6. The largest absolute Gasteiger partial charge is 0.465 e. The third-order valence-electron chi connectivity index (χ3n) is 5.55. The zero-order chi connectivity index (χ0) is 21.5. The Balaban J connectivity index is 1.52. The lowest BCUT2D eigenvalue weighted by Crippen LogP contribution is -2.34. The minimum absolute atomic E-state index is 0.151. The topological polar surface area (TPSA) is 134 Å². The molecule has 1 aliphatic carbocycles. The number of carboxylic acid groups (broad SMARTS) is 1. The number of nitrogens with one attached hydrogen (secondary N) is 2. The molecule has 8 heteroatoms. The van der Waals surface area contributed by atoms with Crippen LogP contribution in [0.3, 0.4) is 0 Å². The van der Waals surface area contributed by atoms with Crippen molar-refractivity contribution in [3.8, 4) is 11.3 Å². The number of carbonyl (C=O) groups excluding carboxylic acids is 2. The van der Waals surface area contributed by atoms with Crippen LogP contribution < -0.4 is 16.4 Å². The lowest BCUT2D eigenvalue weighted by Gasteiger charge is -2.28. The first-order chi connectivity index (χ1) is 14.4. The molecule has 5 N–H and O–H groups in total. The van der Waals surface area contributed by atoms with Crippen LogP contribution in [-0.2, 0) is 0 Å². The van der Waals surface area contributed by atoms with Crippen molar-refractivity contribution in [3.63, 3.8) is 0 Å². The Labute approximate surface area is 174 Å². The smallest absolute Gasteiger partial charge is 0.404 e. The summed E-state index contributed by atoms with van der Waals surface area (Å²) in [5.41, 5.74) is 7.64. The second-order valence-corrected chi connectivity index (χ2v) is 7.65. The summed E-state index contributed by atoms with van der Waals surface area (Å²) in [4.78, 5) is 38.7. The zero-order valence-electron chi connectivity index (χ0n) is 16.6. The summed E-state index contributed by atoms with van der Waals surface area (Å²) in [6.45, 7) is 1.09. The summed E-state index contributed by atoms with van der Waals surface area (Å²) in [5.74, 6) is 0.131. The van der Waals surface area contributed by atoms with E-state index in [2.05, 4.69) is 15.6 Å². The summed E-state index contributed by atoms with van der Waals surface area (Å²) < 4.78 is 0. The van der Waals surface area contributed by atoms with Crippen LogP contribution in [0.2, 0.25) is 0 Å². The first kappa shape index (κ1) is 21.3. The van der Waals surface area contributed by atoms with Gasteiger partial charge in [-0.1, -0.05) is 12.1 Å². The number of primary amides is 1. The van der Waals surface area contributed by atoms with Crippen molar-refractivity contribution in [1.29, 1.82) is 0 Å². The quantitative estimate of drug-likeness (QED) is 0.557. The Bertz CT molecular complexity index is 906. The molecule has 1 aromatic heterocycles. The van der Waals surface area contributed by atoms with Gasteiger partial charge < -0.3 is 21.5 Å². The van der Waals surface area contributed by atoms with Crippen molar-refractivity contribution in [2.45, 2.75) is 25.7 Å². The molecule has 0 saturated heterocycles. The van der Waals surface area contributed by atoms with Crippen molar-refractivity contribution in [2.24, 2.45) is 17.6 Å². The Hall–Kier alpha value is -3.42. The highest BCUT2D eigenvalue weighted by molar-refractivity contribution is 5.95. The fraction of sp³-hybridized carbons (Fsp3) is 0.364. The molecule has 1 aliphatic rings. The van der Waals surface area contributed by atoms with Crippen LogP contribution in [-0.4, -0.2) is 41.1 Å². The molecule has 8 nitrogen and oxygen atoms in total. The lowest BCUT2D eigenvalue weighted by molar-refractivity contribution is 0.0939. The Kier molecular flexibility index (Phi) is 7.00. The monoisotopic (exact) mass is 410 g/mol. The Morgan fingerprint density at radius 3 is 2.10 bits per heavy atom. The molecule has 0 spiro atoms. The average Bonchev–Trinajstić information content (AvgIpc) is 2.77. The maximum Gasteiger partial charge on any atom is 0.404 e. The molecule has 3 amide bonds. The maximum atomic E-state index is 12.6. The van der Waals surface area contributed by atoms with E-state index in [1.807, 2.05) is 0 Å². The van der Waals surface area contributed by atoms with E-state index in [0.717, 1.165) is 31.2 Å². The van der Waals surface area contributed by atoms with Gasteiger partial charge in [0.15, 0.2) is 0 Å². The number of benzene rings is 1. The molecule has 1 heterocycles. The molecule has 0 bridgehead atoms. The van der Waals surface area contributed by atoms with Crippen LogP contribution in [0.5, 0.6) is 0 Å². The number of aromatic nitrogens is 1. The van der Waals surface area contributed by atoms with Crippen molar-refractivity contribution < 1.29 is 19.5 Å². The molecule has 0 atom stereocenters. The molecule has 3 rings (SSSR count). The molecule has 1 saturated carbocycles. The van der Waals surface area contributed by atoms with E-state index in [1.165, 1.54) is 0 Å². The number of carbonyl (C=O) groups is 3. The predicted molar refractivity (Wildman–Crippen MR) is 112 cm³/mol. The van der Waals surface area contributed by atoms with E-state index in [-0.39, 0.29) is 5.91 Å². The van der Waals surface area contributed by atoms with Gasteiger partial charge in [-0.15, -0.1) is 0 Å². The molecule has 1 fully saturated rings. The predicted octanol–water partition coefficient (Wildman–Crippen LogP) is 2.65. The molecule has 1 aromatic carbocycles. The first-order valence-electron chi connectivity index (χ1n) is 10.0. The second kappa shape index (κ2) is 9.87. The van der Waals surface area contributed by atoms with Crippen LogP contribution in [0.25, 0.3) is 11.3 Å². The highest BCUT2D eigenvalue weighted by atomic mass is 16.4. The van der Waals surface area contributed by atoms with Gasteiger partial charge in [0.05, 0.1) is 5.69 Å². The van der Waals surface area contributed by atoms with Crippen LogP contribution >= 0.6 is 0 Å². The first-order valence-corrected chi connectivity index (χ1v) is 10.0. The minimum Gasteiger partial charge on any atom is -0.465 e. The van der Waals surface area contributed by atoms with Gasteiger partial charge in [0.25, 0.3) is 5.91 Å². The number of nitrogens with zero attached hydrogens (tertiary/aromatic N) is 1. The molecule has 158 valence electrons. The number of amides is 3. The highest BCUT2D eigenvalue weighted by Gasteiger charge is 2.22. The van der Waals surface area contributed by atoms with Crippen molar-refractivity contribution >= 4 is 17.9 Å². The van der Waals surface area contributed by atoms with Crippen LogP contribution in [0.1, 0.15) is 46.4 Å². The van der Waals surface area contributed by atoms with Crippen molar-refractivity contribution in [2.75, 3.05) is 13.1 Å². The number of pyridine rings is 1. The lowest BCUT2D eigenvalue weighted by atomic mass is 9.82. The fourth-order valence-electron chi connectivity index (χ4n) is 3.75. The van der Waals surface area contributed by atoms with Gasteiger partial charge in [0.2, 0.25) is 5.91 Å². The minimum atomic E-state index is -0.982. The van der Waals surface area contributed by atoms with E-state index >= 15 is 0 Å². The molecular formula is C22H26N4O4. The van der Waals surface area contributed by atoms with Gasteiger partial charge in [-0.3, -0.25) is 14.6 Å². The van der Waals surface area contributed by atoms with E-state index in [4.69, 9.17) is 10.8 Å². The number of nitrogens with two attached hydrogens (primary N) is 1. The summed E-state index contributed by atoms with van der Waals surface area (Å²) in [6, 6.07) is 10.2. The van der Waals surface area contributed by atoms with Gasteiger partial charge in [-0.05, 0) is 61.8 Å². The molecule has 0 unspecified atom stereocenters. The van der Waals surface area contributed by atoms with E-state index in [9.17, 15) is 14.4 Å². The van der Waals surface area contributed by atoms with Crippen LogP contribution in [0.4, 0.5) is 4.79 Å². The molecule has 0 radical (unpaired) electrons. The number of hydrogen-bond acceptors (Lipinski definition) is 4. The van der Waals surface area contributed by atoms with Crippen LogP contribution in [0.15, 0.2) is 42.6 Å². The van der Waals surface area contributed by atoms with E-state index in [1.54, 1.807) is 42.6 Å². The fourth-order valence-corrected chi connectivity index (χ4v) is 3.75. The molecule has 2 aromatic rings. The van der Waals surface area contributed by atoms with Crippen molar-refractivity contribution in [1.82, 2.24) is 15.6 Å².